The number of benzene rings is 1. The van der Waals surface area contributed by atoms with Crippen molar-refractivity contribution in [1.82, 2.24) is 10.2 Å². The molecule has 0 amide bonds. The second kappa shape index (κ2) is 11.9. The Labute approximate surface area is 158 Å². The minimum absolute atomic E-state index is 0.290. The zero-order chi connectivity index (χ0) is 18.6. The van der Waals surface area contributed by atoms with Gasteiger partial charge in [0.2, 0.25) is 0 Å². The van der Waals surface area contributed by atoms with Crippen molar-refractivity contribution >= 4 is 0 Å². The van der Waals surface area contributed by atoms with Crippen molar-refractivity contribution < 1.29 is 14.6 Å². The number of rotatable bonds is 10. The number of likely N-dealkylation sites (tertiary alicyclic amines) is 1. The molecule has 0 saturated carbocycles. The van der Waals surface area contributed by atoms with Crippen molar-refractivity contribution in [3.05, 3.63) is 36.4 Å². The highest BCUT2D eigenvalue weighted by Crippen LogP contribution is 2.25. The number of methoxy groups -OCH3 is 1. The van der Waals surface area contributed by atoms with Gasteiger partial charge in [0.1, 0.15) is 24.2 Å². The number of hydrogen-bond acceptors (Lipinski definition) is 5. The van der Waals surface area contributed by atoms with Crippen LogP contribution in [0.25, 0.3) is 0 Å². The van der Waals surface area contributed by atoms with Crippen molar-refractivity contribution in [2.75, 3.05) is 39.9 Å². The SMILES string of the molecule is C=CCNCc1ccc(OC)cc1OC[C@H](O)CN1CCCCCCC1. The minimum Gasteiger partial charge on any atom is -0.497 e. The molecule has 5 heteroatoms. The average molecular weight is 363 g/mol. The van der Waals surface area contributed by atoms with Crippen molar-refractivity contribution in [1.29, 1.82) is 0 Å². The van der Waals surface area contributed by atoms with Gasteiger partial charge in [0.05, 0.1) is 7.11 Å². The van der Waals surface area contributed by atoms with Crippen LogP contribution in [0, 0.1) is 0 Å². The van der Waals surface area contributed by atoms with Gasteiger partial charge in [-0.1, -0.05) is 31.4 Å². The normalized spacial score (nSPS) is 17.2. The Morgan fingerprint density at radius 3 is 2.65 bits per heavy atom. The van der Waals surface area contributed by atoms with Crippen molar-refractivity contribution in [2.45, 2.75) is 44.8 Å². The molecule has 1 aliphatic heterocycles. The molecular formula is C21H34N2O3. The Hall–Kier alpha value is -1.56. The zero-order valence-electron chi connectivity index (χ0n) is 16.1. The molecule has 2 N–H and O–H groups in total. The van der Waals surface area contributed by atoms with Crippen LogP contribution < -0.4 is 14.8 Å². The highest BCUT2D eigenvalue weighted by atomic mass is 16.5. The molecule has 5 nitrogen and oxygen atoms in total. The molecule has 0 spiro atoms. The first-order valence-electron chi connectivity index (χ1n) is 9.74. The lowest BCUT2D eigenvalue weighted by molar-refractivity contribution is 0.0650. The molecule has 1 aromatic carbocycles. The van der Waals surface area contributed by atoms with E-state index in [4.69, 9.17) is 9.47 Å². The Bertz CT molecular complexity index is 528. The number of aliphatic hydroxyl groups excluding tert-OH is 1. The van der Waals surface area contributed by atoms with Crippen LogP contribution in [0.2, 0.25) is 0 Å². The van der Waals surface area contributed by atoms with Crippen LogP contribution in [-0.2, 0) is 6.54 Å². The summed E-state index contributed by atoms with van der Waals surface area (Å²) in [6, 6.07) is 5.80. The molecule has 1 saturated heterocycles. The quantitative estimate of drug-likeness (QED) is 0.495. The summed E-state index contributed by atoms with van der Waals surface area (Å²) < 4.78 is 11.2. The van der Waals surface area contributed by atoms with E-state index >= 15 is 0 Å². The molecule has 1 fully saturated rings. The zero-order valence-corrected chi connectivity index (χ0v) is 16.1. The van der Waals surface area contributed by atoms with E-state index in [-0.39, 0.29) is 6.61 Å². The van der Waals surface area contributed by atoms with Crippen molar-refractivity contribution in [3.63, 3.8) is 0 Å². The van der Waals surface area contributed by atoms with Crippen LogP contribution in [0.15, 0.2) is 30.9 Å². The van der Waals surface area contributed by atoms with Crippen LogP contribution in [0.3, 0.4) is 0 Å². The molecule has 0 aromatic heterocycles. The number of β-amino-alcohol motifs (C(OH)–C–C–N with tert-alkyl or cyclic N) is 1. The summed E-state index contributed by atoms with van der Waals surface area (Å²) in [6.45, 7) is 8.26. The van der Waals surface area contributed by atoms with E-state index in [2.05, 4.69) is 16.8 Å². The number of aliphatic hydroxyl groups is 1. The van der Waals surface area contributed by atoms with E-state index in [1.807, 2.05) is 24.3 Å². The Kier molecular flexibility index (Phi) is 9.53. The highest BCUT2D eigenvalue weighted by molar-refractivity contribution is 5.40. The maximum Gasteiger partial charge on any atom is 0.127 e. The van der Waals surface area contributed by atoms with Crippen LogP contribution >= 0.6 is 0 Å². The molecule has 26 heavy (non-hydrogen) atoms. The van der Waals surface area contributed by atoms with E-state index < -0.39 is 6.10 Å². The summed E-state index contributed by atoms with van der Waals surface area (Å²) in [5.41, 5.74) is 1.05. The van der Waals surface area contributed by atoms with Gasteiger partial charge in [-0.2, -0.15) is 0 Å². The van der Waals surface area contributed by atoms with Crippen molar-refractivity contribution in [2.24, 2.45) is 0 Å². The first kappa shape index (κ1) is 20.7. The summed E-state index contributed by atoms with van der Waals surface area (Å²) in [5.74, 6) is 1.51. The first-order valence-corrected chi connectivity index (χ1v) is 9.74. The van der Waals surface area contributed by atoms with Crippen molar-refractivity contribution in [3.8, 4) is 11.5 Å². The standard InChI is InChI=1S/C21H34N2O3/c1-3-11-22-15-18-9-10-20(25-2)14-21(18)26-17-19(24)16-23-12-7-5-4-6-8-13-23/h3,9-10,14,19,22,24H,1,4-8,11-13,15-17H2,2H3/t19-/m1/s1. The maximum atomic E-state index is 10.4. The fraction of sp³-hybridized carbons (Fsp3) is 0.619. The molecule has 1 heterocycles. The van der Waals surface area contributed by atoms with Gasteiger partial charge in [-0.25, -0.2) is 0 Å². The fourth-order valence-electron chi connectivity index (χ4n) is 3.28. The van der Waals surface area contributed by atoms with Gasteiger partial charge in [0, 0.05) is 31.3 Å². The first-order chi connectivity index (χ1) is 12.7. The average Bonchev–Trinajstić information content (AvgIpc) is 2.63. The molecule has 2 rings (SSSR count). The topological polar surface area (TPSA) is 54.0 Å². The largest absolute Gasteiger partial charge is 0.497 e. The van der Waals surface area contributed by atoms with Gasteiger partial charge in [0.15, 0.2) is 0 Å². The van der Waals surface area contributed by atoms with Crippen LogP contribution in [-0.4, -0.2) is 56.0 Å². The van der Waals surface area contributed by atoms with Gasteiger partial charge >= 0.3 is 0 Å². The fourth-order valence-corrected chi connectivity index (χ4v) is 3.28. The van der Waals surface area contributed by atoms with E-state index in [0.717, 1.165) is 36.7 Å². The number of ether oxygens (including phenoxy) is 2. The van der Waals surface area contributed by atoms with Gasteiger partial charge < -0.3 is 24.8 Å². The summed E-state index contributed by atoms with van der Waals surface area (Å²) in [7, 11) is 1.64. The van der Waals surface area contributed by atoms with E-state index in [9.17, 15) is 5.11 Å². The third kappa shape index (κ3) is 7.36. The van der Waals surface area contributed by atoms with Gasteiger partial charge in [-0.15, -0.1) is 6.58 Å². The summed E-state index contributed by atoms with van der Waals surface area (Å²) >= 11 is 0. The smallest absolute Gasteiger partial charge is 0.127 e. The monoisotopic (exact) mass is 362 g/mol. The second-order valence-electron chi connectivity index (χ2n) is 6.93. The Morgan fingerprint density at radius 1 is 1.23 bits per heavy atom. The lowest BCUT2D eigenvalue weighted by Gasteiger charge is -2.27. The maximum absolute atomic E-state index is 10.4. The molecule has 1 aromatic rings. The third-order valence-corrected chi connectivity index (χ3v) is 4.73. The third-order valence-electron chi connectivity index (χ3n) is 4.73. The minimum atomic E-state index is -0.491. The molecule has 0 radical (unpaired) electrons. The van der Waals surface area contributed by atoms with Gasteiger partial charge in [-0.3, -0.25) is 0 Å². The molecule has 0 aliphatic carbocycles. The van der Waals surface area contributed by atoms with Crippen LogP contribution in [0.5, 0.6) is 11.5 Å². The molecule has 1 atom stereocenters. The molecule has 146 valence electrons. The van der Waals surface area contributed by atoms with Crippen LogP contribution in [0.4, 0.5) is 0 Å². The second-order valence-corrected chi connectivity index (χ2v) is 6.93. The van der Waals surface area contributed by atoms with Gasteiger partial charge in [-0.05, 0) is 32.0 Å². The number of nitrogens with zero attached hydrogens (tertiary/aromatic N) is 1. The Balaban J connectivity index is 1.88. The van der Waals surface area contributed by atoms with Gasteiger partial charge in [0.25, 0.3) is 0 Å². The lowest BCUT2D eigenvalue weighted by Crippen LogP contribution is -2.37. The number of hydrogen-bond donors (Lipinski definition) is 2. The molecule has 1 aliphatic rings. The predicted molar refractivity (Wildman–Crippen MR) is 106 cm³/mol. The molecular weight excluding hydrogens is 328 g/mol. The summed E-state index contributed by atoms with van der Waals surface area (Å²) in [5, 5.41) is 13.7. The van der Waals surface area contributed by atoms with E-state index in [1.54, 1.807) is 7.11 Å². The Morgan fingerprint density at radius 2 is 1.96 bits per heavy atom. The summed E-state index contributed by atoms with van der Waals surface area (Å²) in [6.07, 6.45) is 7.73. The summed E-state index contributed by atoms with van der Waals surface area (Å²) in [4.78, 5) is 2.37. The number of nitrogens with one attached hydrogen (secondary N) is 1. The molecule has 0 bridgehead atoms. The molecule has 0 unspecified atom stereocenters. The predicted octanol–water partition coefficient (Wildman–Crippen LogP) is 2.98. The highest BCUT2D eigenvalue weighted by Gasteiger charge is 2.15. The van der Waals surface area contributed by atoms with E-state index in [0.29, 0.717) is 13.1 Å². The van der Waals surface area contributed by atoms with Crippen LogP contribution in [0.1, 0.15) is 37.7 Å². The van der Waals surface area contributed by atoms with E-state index in [1.165, 1.54) is 32.1 Å². The lowest BCUT2D eigenvalue weighted by atomic mass is 10.1.